The van der Waals surface area contributed by atoms with Gasteiger partial charge in [-0.1, -0.05) is 11.3 Å². The van der Waals surface area contributed by atoms with E-state index in [0.717, 1.165) is 4.70 Å². The second-order valence-electron chi connectivity index (χ2n) is 3.57. The Hall–Kier alpha value is -1.86. The summed E-state index contributed by atoms with van der Waals surface area (Å²) < 4.78 is 10.8. The highest BCUT2D eigenvalue weighted by molar-refractivity contribution is 7.22. The molecule has 0 saturated carbocycles. The normalized spacial score (nSPS) is 10.6. The molecule has 1 heterocycles. The van der Waals surface area contributed by atoms with Crippen LogP contribution in [-0.4, -0.2) is 31.7 Å². The van der Waals surface area contributed by atoms with Crippen LogP contribution in [0.4, 0.5) is 10.8 Å². The Bertz CT molecular complexity index is 582. The molecule has 0 atom stereocenters. The second kappa shape index (κ2) is 5.19. The van der Waals surface area contributed by atoms with E-state index in [-0.39, 0.29) is 12.5 Å². The number of aromatic nitrogens is 1. The minimum Gasteiger partial charge on any atom is -0.494 e. The summed E-state index contributed by atoms with van der Waals surface area (Å²) in [5.74, 6) is 0.344. The molecule has 7 heteroatoms. The molecule has 1 aromatic heterocycles. The van der Waals surface area contributed by atoms with Gasteiger partial charge in [0.1, 0.15) is 17.9 Å². The Morgan fingerprint density at radius 2 is 2.28 bits per heavy atom. The molecule has 3 N–H and O–H groups in total. The molecule has 0 aliphatic rings. The van der Waals surface area contributed by atoms with Crippen LogP contribution in [0.5, 0.6) is 5.75 Å². The van der Waals surface area contributed by atoms with E-state index >= 15 is 0 Å². The van der Waals surface area contributed by atoms with Crippen LogP contribution in [-0.2, 0) is 9.53 Å². The van der Waals surface area contributed by atoms with E-state index in [1.54, 1.807) is 19.2 Å². The molecular weight excluding hydrogens is 254 g/mol. The maximum Gasteiger partial charge on any atom is 0.252 e. The predicted molar refractivity (Wildman–Crippen MR) is 71.1 cm³/mol. The number of carbonyl (C=O) groups is 1. The van der Waals surface area contributed by atoms with Gasteiger partial charge in [0.05, 0.1) is 11.8 Å². The third-order valence-electron chi connectivity index (χ3n) is 2.22. The lowest BCUT2D eigenvalue weighted by Gasteiger charge is -2.01. The zero-order valence-corrected chi connectivity index (χ0v) is 10.8. The van der Waals surface area contributed by atoms with Crippen molar-refractivity contribution < 1.29 is 14.3 Å². The lowest BCUT2D eigenvalue weighted by Crippen LogP contribution is -2.16. The lowest BCUT2D eigenvalue weighted by molar-refractivity contribution is -0.119. The third kappa shape index (κ3) is 2.52. The van der Waals surface area contributed by atoms with Crippen LogP contribution >= 0.6 is 11.3 Å². The van der Waals surface area contributed by atoms with E-state index < -0.39 is 0 Å². The van der Waals surface area contributed by atoms with Crippen molar-refractivity contribution in [3.8, 4) is 5.75 Å². The van der Waals surface area contributed by atoms with Crippen molar-refractivity contribution in [1.29, 1.82) is 0 Å². The molecule has 1 aromatic carbocycles. The number of fused-ring (bicyclic) bond motifs is 1. The van der Waals surface area contributed by atoms with Gasteiger partial charge < -0.3 is 15.2 Å². The Balaban J connectivity index is 2.35. The SMILES string of the molecule is COCC(=O)Nc1nc2c(OC)cc(N)cc2s1. The molecule has 0 radical (unpaired) electrons. The molecule has 6 nitrogen and oxygen atoms in total. The number of benzene rings is 1. The third-order valence-corrected chi connectivity index (χ3v) is 3.14. The molecule has 0 spiro atoms. The number of hydrogen-bond donors (Lipinski definition) is 2. The van der Waals surface area contributed by atoms with Gasteiger partial charge in [-0.05, 0) is 6.07 Å². The number of thiazole rings is 1. The van der Waals surface area contributed by atoms with Crippen LogP contribution in [0.15, 0.2) is 12.1 Å². The van der Waals surface area contributed by atoms with E-state index in [1.165, 1.54) is 18.4 Å². The zero-order chi connectivity index (χ0) is 13.1. The maximum absolute atomic E-state index is 11.4. The first-order valence-corrected chi connectivity index (χ1v) is 5.98. The summed E-state index contributed by atoms with van der Waals surface area (Å²) in [5.41, 5.74) is 7.03. The van der Waals surface area contributed by atoms with Gasteiger partial charge in [-0.15, -0.1) is 0 Å². The molecule has 0 aliphatic heterocycles. The highest BCUT2D eigenvalue weighted by Crippen LogP contribution is 2.34. The number of nitrogens with zero attached hydrogens (tertiary/aromatic N) is 1. The number of methoxy groups -OCH3 is 2. The monoisotopic (exact) mass is 267 g/mol. The number of nitrogens with one attached hydrogen (secondary N) is 1. The van der Waals surface area contributed by atoms with Gasteiger partial charge >= 0.3 is 0 Å². The minimum atomic E-state index is -0.247. The zero-order valence-electron chi connectivity index (χ0n) is 10.0. The molecule has 2 rings (SSSR count). The number of nitrogens with two attached hydrogens (primary N) is 1. The van der Waals surface area contributed by atoms with Crippen molar-refractivity contribution in [2.24, 2.45) is 0 Å². The number of anilines is 2. The first-order chi connectivity index (χ1) is 8.63. The average molecular weight is 267 g/mol. The molecule has 0 bridgehead atoms. The van der Waals surface area contributed by atoms with Crippen LogP contribution in [0.25, 0.3) is 10.2 Å². The van der Waals surface area contributed by atoms with Gasteiger partial charge in [0.15, 0.2) is 5.13 Å². The smallest absolute Gasteiger partial charge is 0.252 e. The van der Waals surface area contributed by atoms with Gasteiger partial charge in [0.25, 0.3) is 5.91 Å². The standard InChI is InChI=1S/C11H13N3O3S/c1-16-5-9(15)13-11-14-10-7(17-2)3-6(12)4-8(10)18-11/h3-4H,5,12H2,1-2H3,(H,13,14,15). The molecule has 0 aliphatic carbocycles. The maximum atomic E-state index is 11.4. The molecule has 1 amide bonds. The molecule has 0 saturated heterocycles. The largest absolute Gasteiger partial charge is 0.494 e. The van der Waals surface area contributed by atoms with E-state index in [4.69, 9.17) is 15.2 Å². The predicted octanol–water partition coefficient (Wildman–Crippen LogP) is 1.47. The summed E-state index contributed by atoms with van der Waals surface area (Å²) in [6.45, 7) is -0.00476. The fourth-order valence-corrected chi connectivity index (χ4v) is 2.46. The van der Waals surface area contributed by atoms with Crippen molar-refractivity contribution in [2.75, 3.05) is 31.9 Å². The topological polar surface area (TPSA) is 86.5 Å². The number of ether oxygens (including phenoxy) is 2. The molecular formula is C11H13N3O3S. The van der Waals surface area contributed by atoms with Crippen molar-refractivity contribution in [3.63, 3.8) is 0 Å². The van der Waals surface area contributed by atoms with Crippen molar-refractivity contribution >= 4 is 38.3 Å². The van der Waals surface area contributed by atoms with Crippen LogP contribution in [0, 0.1) is 0 Å². The molecule has 18 heavy (non-hydrogen) atoms. The summed E-state index contributed by atoms with van der Waals surface area (Å²) in [7, 11) is 3.01. The number of rotatable bonds is 4. The van der Waals surface area contributed by atoms with Crippen molar-refractivity contribution in [3.05, 3.63) is 12.1 Å². The highest BCUT2D eigenvalue weighted by Gasteiger charge is 2.11. The lowest BCUT2D eigenvalue weighted by atomic mass is 10.3. The van der Waals surface area contributed by atoms with Crippen molar-refractivity contribution in [1.82, 2.24) is 4.98 Å². The van der Waals surface area contributed by atoms with Gasteiger partial charge in [-0.3, -0.25) is 10.1 Å². The van der Waals surface area contributed by atoms with Gasteiger partial charge in [-0.25, -0.2) is 4.98 Å². The summed E-state index contributed by atoms with van der Waals surface area (Å²) in [5, 5.41) is 3.15. The summed E-state index contributed by atoms with van der Waals surface area (Å²) in [6.07, 6.45) is 0. The van der Waals surface area contributed by atoms with Gasteiger partial charge in [0, 0.05) is 18.9 Å². The number of nitrogen functional groups attached to an aromatic ring is 1. The molecule has 2 aromatic rings. The Kier molecular flexibility index (Phi) is 3.63. The van der Waals surface area contributed by atoms with Gasteiger partial charge in [-0.2, -0.15) is 0 Å². The molecule has 96 valence electrons. The first-order valence-electron chi connectivity index (χ1n) is 5.17. The molecule has 0 unspecified atom stereocenters. The number of hydrogen-bond acceptors (Lipinski definition) is 6. The van der Waals surface area contributed by atoms with Crippen LogP contribution in [0.1, 0.15) is 0 Å². The van der Waals surface area contributed by atoms with Gasteiger partial charge in [0.2, 0.25) is 0 Å². The number of carbonyl (C=O) groups excluding carboxylic acids is 1. The van der Waals surface area contributed by atoms with E-state index in [9.17, 15) is 4.79 Å². The second-order valence-corrected chi connectivity index (χ2v) is 4.60. The summed E-state index contributed by atoms with van der Waals surface area (Å²) >= 11 is 1.34. The highest BCUT2D eigenvalue weighted by atomic mass is 32.1. The summed E-state index contributed by atoms with van der Waals surface area (Å²) in [6, 6.07) is 3.49. The Morgan fingerprint density at radius 1 is 1.50 bits per heavy atom. The Morgan fingerprint density at radius 3 is 2.94 bits per heavy atom. The first kappa shape index (κ1) is 12.6. The van der Waals surface area contributed by atoms with Crippen molar-refractivity contribution in [2.45, 2.75) is 0 Å². The fraction of sp³-hybridized carbons (Fsp3) is 0.273. The average Bonchev–Trinajstić information content (AvgIpc) is 2.70. The van der Waals surface area contributed by atoms with E-state index in [2.05, 4.69) is 10.3 Å². The Labute approximate surface area is 108 Å². The quantitative estimate of drug-likeness (QED) is 0.819. The van der Waals surface area contributed by atoms with Crippen LogP contribution < -0.4 is 15.8 Å². The van der Waals surface area contributed by atoms with Crippen LogP contribution in [0.3, 0.4) is 0 Å². The minimum absolute atomic E-state index is 0.00476. The number of amides is 1. The fourth-order valence-electron chi connectivity index (χ4n) is 1.51. The molecule has 0 fully saturated rings. The van der Waals surface area contributed by atoms with E-state index in [0.29, 0.717) is 22.1 Å². The van der Waals surface area contributed by atoms with Crippen LogP contribution in [0.2, 0.25) is 0 Å². The summed E-state index contributed by atoms with van der Waals surface area (Å²) in [4.78, 5) is 15.7. The van der Waals surface area contributed by atoms with E-state index in [1.807, 2.05) is 0 Å².